The molecule has 0 radical (unpaired) electrons. The van der Waals surface area contributed by atoms with E-state index < -0.39 is 21.4 Å². The van der Waals surface area contributed by atoms with Crippen molar-refractivity contribution in [3.63, 3.8) is 0 Å². The third kappa shape index (κ3) is 6.01. The highest BCUT2D eigenvalue weighted by Gasteiger charge is 2.32. The van der Waals surface area contributed by atoms with Gasteiger partial charge in [0, 0.05) is 30.3 Å². The van der Waals surface area contributed by atoms with Crippen LogP contribution in [0.4, 0.5) is 0 Å². The van der Waals surface area contributed by atoms with Gasteiger partial charge in [-0.25, -0.2) is 4.98 Å². The lowest BCUT2D eigenvalue weighted by atomic mass is 9.84. The number of amides is 1. The van der Waals surface area contributed by atoms with Crippen LogP contribution in [0.25, 0.3) is 0 Å². The Balaban J connectivity index is 1.96. The van der Waals surface area contributed by atoms with Gasteiger partial charge in [-0.05, 0) is 30.5 Å². The van der Waals surface area contributed by atoms with Crippen LogP contribution < -0.4 is 19.0 Å². The summed E-state index contributed by atoms with van der Waals surface area (Å²) in [6, 6.07) is 4.70. The molecule has 2 aromatic rings. The molecule has 1 aromatic carbocycles. The molecule has 1 aliphatic rings. The van der Waals surface area contributed by atoms with Crippen molar-refractivity contribution in [3.05, 3.63) is 46.3 Å². The summed E-state index contributed by atoms with van der Waals surface area (Å²) in [5.41, 5.74) is 1.23. The number of carbonyl (C=O) groups is 2. The Kier molecular flexibility index (Phi) is 7.82. The van der Waals surface area contributed by atoms with Gasteiger partial charge in [0.15, 0.2) is 28.7 Å². The van der Waals surface area contributed by atoms with Crippen molar-refractivity contribution >= 4 is 27.6 Å². The van der Waals surface area contributed by atoms with Gasteiger partial charge in [-0.3, -0.25) is 15.0 Å². The summed E-state index contributed by atoms with van der Waals surface area (Å²) < 4.78 is 39.9. The van der Waals surface area contributed by atoms with Gasteiger partial charge in [0.25, 0.3) is 5.91 Å². The fraction of sp³-hybridized carbons (Fsp3) is 0.440. The summed E-state index contributed by atoms with van der Waals surface area (Å²) in [5, 5.41) is 11.1. The van der Waals surface area contributed by atoms with E-state index in [2.05, 4.69) is 10.3 Å². The smallest absolute Gasteiger partial charge is 0.306 e. The number of fused-ring (bicyclic) bond motifs is 1. The minimum Gasteiger partial charge on any atom is -0.493 e. The van der Waals surface area contributed by atoms with E-state index in [0.29, 0.717) is 29.2 Å². The van der Waals surface area contributed by atoms with Gasteiger partial charge in [0.1, 0.15) is 11.5 Å². The van der Waals surface area contributed by atoms with E-state index in [-0.39, 0.29) is 47.5 Å². The normalized spacial score (nSPS) is 13.3. The highest BCUT2D eigenvalue weighted by atomic mass is 32.2. The molecule has 3 rings (SSSR count). The number of hydrogen-bond donors (Lipinski definition) is 2. The van der Waals surface area contributed by atoms with Gasteiger partial charge >= 0.3 is 10.1 Å². The van der Waals surface area contributed by atoms with Crippen LogP contribution in [-0.2, 0) is 22.1 Å². The Hall–Kier alpha value is -3.67. The number of carbonyl (C=O) groups excluding carboxylic acids is 2. The van der Waals surface area contributed by atoms with E-state index >= 15 is 0 Å². The lowest BCUT2D eigenvalue weighted by Crippen LogP contribution is -2.31. The zero-order valence-corrected chi connectivity index (χ0v) is 22.8. The maximum Gasteiger partial charge on any atom is 0.306 e. The molecule has 0 spiro atoms. The van der Waals surface area contributed by atoms with Gasteiger partial charge in [0.05, 0.1) is 26.5 Å². The minimum atomic E-state index is -3.85. The molecule has 2 heterocycles. The molecule has 0 bridgehead atoms. The molecule has 1 aliphatic heterocycles. The van der Waals surface area contributed by atoms with Crippen LogP contribution in [0.3, 0.4) is 0 Å². The van der Waals surface area contributed by atoms with Gasteiger partial charge < -0.3 is 23.9 Å². The van der Waals surface area contributed by atoms with Crippen LogP contribution in [0.15, 0.2) is 18.2 Å². The molecule has 0 unspecified atom stereocenters. The number of pyridine rings is 1. The van der Waals surface area contributed by atoms with Crippen molar-refractivity contribution in [2.24, 2.45) is 0 Å². The lowest BCUT2D eigenvalue weighted by molar-refractivity contribution is 0.0949. The first-order valence-electron chi connectivity index (χ1n) is 11.6. The molecule has 0 saturated heterocycles. The third-order valence-electron chi connectivity index (χ3n) is 5.68. The number of ketones is 1. The molecule has 11 nitrogen and oxygen atoms in total. The number of benzene rings is 1. The molecule has 1 aromatic heterocycles. The zero-order valence-electron chi connectivity index (χ0n) is 22.0. The summed E-state index contributed by atoms with van der Waals surface area (Å²) in [6.45, 7) is 7.81. The summed E-state index contributed by atoms with van der Waals surface area (Å²) in [7, 11) is -1.00. The van der Waals surface area contributed by atoms with Crippen LogP contribution in [0.2, 0.25) is 0 Å². The number of aromatic nitrogens is 1. The summed E-state index contributed by atoms with van der Waals surface area (Å²) in [5.74, 6) is -0.293. The Bertz CT molecular complexity index is 1360. The van der Waals surface area contributed by atoms with Crippen LogP contribution in [-0.4, -0.2) is 69.4 Å². The predicted molar refractivity (Wildman–Crippen MR) is 138 cm³/mol. The number of amidine groups is 1. The highest BCUT2D eigenvalue weighted by Crippen LogP contribution is 2.40. The Morgan fingerprint density at radius 2 is 1.86 bits per heavy atom. The second-order valence-electron chi connectivity index (χ2n) is 9.58. The fourth-order valence-corrected chi connectivity index (χ4v) is 4.42. The number of hydrogen-bond acceptors (Lipinski definition) is 9. The van der Waals surface area contributed by atoms with Gasteiger partial charge in [-0.1, -0.05) is 20.8 Å². The van der Waals surface area contributed by atoms with E-state index in [0.717, 1.165) is 6.26 Å². The molecule has 200 valence electrons. The third-order valence-corrected chi connectivity index (χ3v) is 6.15. The van der Waals surface area contributed by atoms with Crippen LogP contribution in [0, 0.1) is 5.41 Å². The Morgan fingerprint density at radius 3 is 2.41 bits per heavy atom. The number of nitrogens with zero attached hydrogens (tertiary/aromatic N) is 2. The van der Waals surface area contributed by atoms with Crippen LogP contribution in [0.5, 0.6) is 17.2 Å². The summed E-state index contributed by atoms with van der Waals surface area (Å²) >= 11 is 0. The molecular weight excluding hydrogens is 500 g/mol. The van der Waals surface area contributed by atoms with E-state index in [4.69, 9.17) is 19.1 Å². The van der Waals surface area contributed by atoms with Crippen molar-refractivity contribution in [3.8, 4) is 17.2 Å². The minimum absolute atomic E-state index is 0.0107. The van der Waals surface area contributed by atoms with Crippen molar-refractivity contribution in [1.82, 2.24) is 15.2 Å². The highest BCUT2D eigenvalue weighted by molar-refractivity contribution is 7.86. The van der Waals surface area contributed by atoms with Crippen molar-refractivity contribution in [1.29, 1.82) is 5.41 Å². The van der Waals surface area contributed by atoms with Gasteiger partial charge in [-0.2, -0.15) is 8.42 Å². The second kappa shape index (κ2) is 10.4. The first-order valence-corrected chi connectivity index (χ1v) is 13.4. The van der Waals surface area contributed by atoms with Gasteiger partial charge in [-0.15, -0.1) is 0 Å². The average molecular weight is 533 g/mol. The molecular formula is C25H32N4O7S. The number of methoxy groups -OCH3 is 1. The maximum absolute atomic E-state index is 13.4. The van der Waals surface area contributed by atoms with Gasteiger partial charge in [0.2, 0.25) is 0 Å². The van der Waals surface area contributed by atoms with Crippen LogP contribution >= 0.6 is 0 Å². The first kappa shape index (κ1) is 27.9. The number of nitrogens with one attached hydrogen (secondary N) is 2. The first-order chi connectivity index (χ1) is 17.2. The number of Topliss-reactive ketones (excluding diaryl/α,β-unsaturated/α-hetero) is 1. The molecule has 12 heteroatoms. The number of rotatable bonds is 9. The second-order valence-corrected chi connectivity index (χ2v) is 11.2. The maximum atomic E-state index is 13.4. The van der Waals surface area contributed by atoms with E-state index in [1.807, 2.05) is 20.8 Å². The SMILES string of the molecule is CCOc1cc2c(nc1C(=O)NC)C(=N)N(CC(=O)c1cc(OC)c(OS(C)(=O)=O)c(C(C)(C)C)c1)C2. The van der Waals surface area contributed by atoms with Crippen molar-refractivity contribution < 1.29 is 31.7 Å². The summed E-state index contributed by atoms with van der Waals surface area (Å²) in [4.78, 5) is 31.6. The molecule has 37 heavy (non-hydrogen) atoms. The molecule has 2 N–H and O–H groups in total. The quantitative estimate of drug-likeness (QED) is 0.367. The van der Waals surface area contributed by atoms with Crippen molar-refractivity contribution in [2.75, 3.05) is 33.6 Å². The van der Waals surface area contributed by atoms with E-state index in [1.165, 1.54) is 20.2 Å². The average Bonchev–Trinajstić information content (AvgIpc) is 3.10. The lowest BCUT2D eigenvalue weighted by Gasteiger charge is -2.25. The van der Waals surface area contributed by atoms with E-state index in [1.54, 1.807) is 24.0 Å². The van der Waals surface area contributed by atoms with Crippen molar-refractivity contribution in [2.45, 2.75) is 39.7 Å². The molecule has 1 amide bonds. The predicted octanol–water partition coefficient (Wildman–Crippen LogP) is 2.51. The largest absolute Gasteiger partial charge is 0.493 e. The molecule has 0 atom stereocenters. The molecule has 0 saturated carbocycles. The zero-order chi connectivity index (χ0) is 27.7. The summed E-state index contributed by atoms with van der Waals surface area (Å²) in [6.07, 6.45) is 0.940. The molecule has 0 fully saturated rings. The standard InChI is InChI=1S/C25H32N4O7S/c1-8-35-18-11-15-12-29(23(26)20(15)28-21(18)24(31)27-5)13-17(30)14-9-16(25(2,3)4)22(19(10-14)34-6)36-37(7,32)33/h9-11,26H,8,12-13H2,1-7H3,(H,27,31). The monoisotopic (exact) mass is 532 g/mol. The Morgan fingerprint density at radius 1 is 1.19 bits per heavy atom. The van der Waals surface area contributed by atoms with Crippen LogP contribution in [0.1, 0.15) is 65.4 Å². The topological polar surface area (TPSA) is 148 Å². The Labute approximate surface area is 216 Å². The number of ether oxygens (including phenoxy) is 2. The fourth-order valence-electron chi connectivity index (χ4n) is 3.95. The van der Waals surface area contributed by atoms with E-state index in [9.17, 15) is 18.0 Å². The molecule has 0 aliphatic carbocycles.